The lowest BCUT2D eigenvalue weighted by atomic mass is 9.99. The molecule has 1 fully saturated rings. The van der Waals surface area contributed by atoms with E-state index in [9.17, 15) is 13.2 Å². The maximum atomic E-state index is 12.1. The number of rotatable bonds is 4. The number of carbonyl (C=O) groups is 1. The van der Waals surface area contributed by atoms with Gasteiger partial charge in [-0.25, -0.2) is 18.1 Å². The quantitative estimate of drug-likeness (QED) is 0.666. The number of hydrazone groups is 1. The van der Waals surface area contributed by atoms with Crippen LogP contribution in [-0.2, 0) is 14.8 Å². The lowest BCUT2D eigenvalue weighted by Crippen LogP contribution is -2.44. The zero-order chi connectivity index (χ0) is 16.2. The second-order valence-corrected chi connectivity index (χ2v) is 7.59. The van der Waals surface area contributed by atoms with Crippen LogP contribution in [0.5, 0.6) is 0 Å². The first-order chi connectivity index (χ1) is 10.4. The Labute approximate surface area is 131 Å². The topological polar surface area (TPSA) is 78.8 Å². The minimum atomic E-state index is -3.24. The number of benzene rings is 1. The largest absolute Gasteiger partial charge is 0.273 e. The Balaban J connectivity index is 1.90. The van der Waals surface area contributed by atoms with Gasteiger partial charge in [-0.1, -0.05) is 29.8 Å². The van der Waals surface area contributed by atoms with Gasteiger partial charge in [0.25, 0.3) is 0 Å². The molecule has 22 heavy (non-hydrogen) atoms. The van der Waals surface area contributed by atoms with E-state index in [1.165, 1.54) is 10.6 Å². The van der Waals surface area contributed by atoms with Gasteiger partial charge in [-0.15, -0.1) is 0 Å². The summed E-state index contributed by atoms with van der Waals surface area (Å²) in [6.45, 7) is 2.71. The van der Waals surface area contributed by atoms with Crippen LogP contribution in [0.4, 0.5) is 0 Å². The molecule has 0 spiro atoms. The zero-order valence-corrected chi connectivity index (χ0v) is 13.6. The number of nitrogens with one attached hydrogen (secondary N) is 1. The molecule has 1 atom stereocenters. The van der Waals surface area contributed by atoms with E-state index in [0.717, 1.165) is 11.1 Å². The van der Waals surface area contributed by atoms with Gasteiger partial charge >= 0.3 is 0 Å². The molecule has 0 radical (unpaired) electrons. The van der Waals surface area contributed by atoms with E-state index in [0.29, 0.717) is 19.4 Å². The average molecular weight is 323 g/mol. The first-order valence-electron chi connectivity index (χ1n) is 7.21. The van der Waals surface area contributed by atoms with Crippen LogP contribution in [0.25, 0.3) is 0 Å². The van der Waals surface area contributed by atoms with Crippen LogP contribution >= 0.6 is 0 Å². The molecule has 1 N–H and O–H groups in total. The van der Waals surface area contributed by atoms with E-state index in [2.05, 4.69) is 10.5 Å². The molecule has 1 aromatic carbocycles. The minimum Gasteiger partial charge on any atom is -0.273 e. The molecule has 1 aliphatic heterocycles. The van der Waals surface area contributed by atoms with E-state index in [1.54, 1.807) is 6.21 Å². The summed E-state index contributed by atoms with van der Waals surface area (Å²) in [5, 5.41) is 3.94. The van der Waals surface area contributed by atoms with Crippen LogP contribution in [0, 0.1) is 12.8 Å². The summed E-state index contributed by atoms with van der Waals surface area (Å²) in [5.74, 6) is -0.588. The summed E-state index contributed by atoms with van der Waals surface area (Å²) in [4.78, 5) is 12.1. The molecule has 1 saturated heterocycles. The van der Waals surface area contributed by atoms with Crippen LogP contribution in [0.2, 0.25) is 0 Å². The molecule has 0 bridgehead atoms. The lowest BCUT2D eigenvalue weighted by Gasteiger charge is -2.29. The van der Waals surface area contributed by atoms with Gasteiger partial charge in [0, 0.05) is 13.1 Å². The summed E-state index contributed by atoms with van der Waals surface area (Å²) >= 11 is 0. The van der Waals surface area contributed by atoms with Crippen molar-refractivity contribution in [1.29, 1.82) is 0 Å². The summed E-state index contributed by atoms with van der Waals surface area (Å²) < 4.78 is 24.4. The normalized spacial score (nSPS) is 20.2. The standard InChI is InChI=1S/C15H21N3O3S/c1-12-5-7-13(8-6-12)10-16-17-15(19)14-4-3-9-18(11-14)22(2,20)21/h5-8,10,14H,3-4,9,11H2,1-2H3,(H,17,19). The third-order valence-electron chi connectivity index (χ3n) is 3.69. The number of sulfonamides is 1. The molecule has 0 saturated carbocycles. The van der Waals surface area contributed by atoms with Crippen molar-refractivity contribution in [2.75, 3.05) is 19.3 Å². The predicted molar refractivity (Wildman–Crippen MR) is 86.1 cm³/mol. The minimum absolute atomic E-state index is 0.227. The monoisotopic (exact) mass is 323 g/mol. The van der Waals surface area contributed by atoms with Crippen LogP contribution in [0.3, 0.4) is 0 Å². The fourth-order valence-corrected chi connectivity index (χ4v) is 3.28. The Hall–Kier alpha value is -1.73. The van der Waals surface area contributed by atoms with Crippen LogP contribution in [0.15, 0.2) is 29.4 Å². The van der Waals surface area contributed by atoms with Crippen LogP contribution < -0.4 is 5.43 Å². The number of amides is 1. The van der Waals surface area contributed by atoms with Crippen molar-refractivity contribution in [3.63, 3.8) is 0 Å². The van der Waals surface area contributed by atoms with Crippen LogP contribution in [0.1, 0.15) is 24.0 Å². The molecule has 1 amide bonds. The van der Waals surface area contributed by atoms with E-state index in [-0.39, 0.29) is 18.4 Å². The summed E-state index contributed by atoms with van der Waals surface area (Å²) in [7, 11) is -3.24. The maximum absolute atomic E-state index is 12.1. The Morgan fingerprint density at radius 2 is 2.05 bits per heavy atom. The molecule has 1 unspecified atom stereocenters. The highest BCUT2D eigenvalue weighted by Crippen LogP contribution is 2.18. The molecule has 0 aliphatic carbocycles. The van der Waals surface area contributed by atoms with Gasteiger partial charge in [0.1, 0.15) is 0 Å². The Morgan fingerprint density at radius 3 is 2.68 bits per heavy atom. The molecule has 6 nitrogen and oxygen atoms in total. The predicted octanol–water partition coefficient (Wildman–Crippen LogP) is 1.12. The summed E-state index contributed by atoms with van der Waals surface area (Å²) in [5.41, 5.74) is 4.55. The van der Waals surface area contributed by atoms with E-state index < -0.39 is 10.0 Å². The molecular weight excluding hydrogens is 302 g/mol. The number of hydrogen-bond acceptors (Lipinski definition) is 4. The van der Waals surface area contributed by atoms with Gasteiger partial charge in [-0.2, -0.15) is 5.10 Å². The van der Waals surface area contributed by atoms with Crippen LogP contribution in [-0.4, -0.2) is 44.2 Å². The number of nitrogens with zero attached hydrogens (tertiary/aromatic N) is 2. The van der Waals surface area contributed by atoms with E-state index >= 15 is 0 Å². The second-order valence-electron chi connectivity index (χ2n) is 5.61. The van der Waals surface area contributed by atoms with Gasteiger partial charge in [0.2, 0.25) is 15.9 Å². The van der Waals surface area contributed by atoms with E-state index in [4.69, 9.17) is 0 Å². The number of piperidine rings is 1. The highest BCUT2D eigenvalue weighted by Gasteiger charge is 2.29. The summed E-state index contributed by atoms with van der Waals surface area (Å²) in [6, 6.07) is 7.76. The van der Waals surface area contributed by atoms with Crippen molar-refractivity contribution in [2.24, 2.45) is 11.0 Å². The van der Waals surface area contributed by atoms with Crippen molar-refractivity contribution >= 4 is 22.1 Å². The molecule has 1 aliphatic rings. The van der Waals surface area contributed by atoms with Gasteiger partial charge in [-0.3, -0.25) is 4.79 Å². The van der Waals surface area contributed by atoms with Gasteiger partial charge in [0.15, 0.2) is 0 Å². The lowest BCUT2D eigenvalue weighted by molar-refractivity contribution is -0.126. The molecular formula is C15H21N3O3S. The third kappa shape index (κ3) is 4.64. The van der Waals surface area contributed by atoms with Crippen molar-refractivity contribution < 1.29 is 13.2 Å². The third-order valence-corrected chi connectivity index (χ3v) is 4.96. The van der Waals surface area contributed by atoms with Gasteiger partial charge in [-0.05, 0) is 25.3 Å². The first kappa shape index (κ1) is 16.6. The molecule has 1 heterocycles. The second kappa shape index (κ2) is 7.02. The fourth-order valence-electron chi connectivity index (χ4n) is 2.37. The molecule has 120 valence electrons. The molecule has 1 aromatic rings. The Bertz CT molecular complexity index is 653. The van der Waals surface area contributed by atoms with Crippen molar-refractivity contribution in [1.82, 2.24) is 9.73 Å². The number of carbonyl (C=O) groups excluding carboxylic acids is 1. The number of hydrogen-bond donors (Lipinski definition) is 1. The van der Waals surface area contributed by atoms with Gasteiger partial charge in [0.05, 0.1) is 18.4 Å². The van der Waals surface area contributed by atoms with Gasteiger partial charge < -0.3 is 0 Å². The van der Waals surface area contributed by atoms with Crippen molar-refractivity contribution in [2.45, 2.75) is 19.8 Å². The SMILES string of the molecule is Cc1ccc(C=NNC(=O)C2CCCN(S(C)(=O)=O)C2)cc1. The number of aryl methyl sites for hydroxylation is 1. The fraction of sp³-hybridized carbons (Fsp3) is 0.467. The highest BCUT2D eigenvalue weighted by molar-refractivity contribution is 7.88. The summed E-state index contributed by atoms with van der Waals surface area (Å²) in [6.07, 6.45) is 4.11. The average Bonchev–Trinajstić information content (AvgIpc) is 2.48. The van der Waals surface area contributed by atoms with Crippen molar-refractivity contribution in [3.8, 4) is 0 Å². The van der Waals surface area contributed by atoms with E-state index in [1.807, 2.05) is 31.2 Å². The molecule has 0 aromatic heterocycles. The molecule has 7 heteroatoms. The Morgan fingerprint density at radius 1 is 1.36 bits per heavy atom. The highest BCUT2D eigenvalue weighted by atomic mass is 32.2. The van der Waals surface area contributed by atoms with Crippen molar-refractivity contribution in [3.05, 3.63) is 35.4 Å². The Kier molecular flexibility index (Phi) is 5.31. The smallest absolute Gasteiger partial charge is 0.244 e. The maximum Gasteiger partial charge on any atom is 0.244 e. The zero-order valence-electron chi connectivity index (χ0n) is 12.8. The first-order valence-corrected chi connectivity index (χ1v) is 9.06. The molecule has 2 rings (SSSR count).